The third-order valence-corrected chi connectivity index (χ3v) is 4.69. The molecule has 1 atom stereocenters. The predicted octanol–water partition coefficient (Wildman–Crippen LogP) is 4.48. The third kappa shape index (κ3) is 4.75. The fourth-order valence-electron chi connectivity index (χ4n) is 3.10. The number of ether oxygens (including phenoxy) is 1. The number of rotatable bonds is 4. The van der Waals surface area contributed by atoms with E-state index in [1.807, 2.05) is 0 Å². The van der Waals surface area contributed by atoms with E-state index < -0.39 is 12.4 Å². The van der Waals surface area contributed by atoms with E-state index in [1.165, 1.54) is 18.2 Å². The van der Waals surface area contributed by atoms with Gasteiger partial charge in [-0.1, -0.05) is 28.1 Å². The maximum Gasteiger partial charge on any atom is 0.573 e. The van der Waals surface area contributed by atoms with Gasteiger partial charge in [0.2, 0.25) is 0 Å². The minimum atomic E-state index is -4.74. The zero-order valence-corrected chi connectivity index (χ0v) is 15.3. The van der Waals surface area contributed by atoms with Crippen LogP contribution in [0.15, 0.2) is 46.9 Å². The first-order valence-electron chi connectivity index (χ1n) is 8.09. The minimum absolute atomic E-state index is 0.296. The monoisotopic (exact) mass is 432 g/mol. The van der Waals surface area contributed by atoms with Crippen molar-refractivity contribution >= 4 is 15.9 Å². The van der Waals surface area contributed by atoms with Crippen LogP contribution in [0.4, 0.5) is 17.6 Å². The van der Waals surface area contributed by atoms with Crippen molar-refractivity contribution in [1.29, 1.82) is 0 Å². The Morgan fingerprint density at radius 2 is 1.69 bits per heavy atom. The van der Waals surface area contributed by atoms with E-state index in [0.717, 1.165) is 17.6 Å². The van der Waals surface area contributed by atoms with Gasteiger partial charge in [0.1, 0.15) is 11.6 Å². The Bertz CT molecular complexity index is 746. The van der Waals surface area contributed by atoms with Crippen LogP contribution in [0.2, 0.25) is 0 Å². The third-order valence-electron chi connectivity index (χ3n) is 4.20. The van der Waals surface area contributed by atoms with E-state index in [0.29, 0.717) is 24.2 Å². The number of alkyl halides is 3. The van der Waals surface area contributed by atoms with Gasteiger partial charge >= 0.3 is 6.36 Å². The van der Waals surface area contributed by atoms with Gasteiger partial charge in [0.05, 0.1) is 6.04 Å². The molecule has 140 valence electrons. The molecular weight excluding hydrogens is 416 g/mol. The molecule has 26 heavy (non-hydrogen) atoms. The number of piperazine rings is 1. The van der Waals surface area contributed by atoms with Gasteiger partial charge in [-0.3, -0.25) is 4.90 Å². The maximum absolute atomic E-state index is 14.5. The number of nitrogens with zero attached hydrogens (tertiary/aromatic N) is 1. The van der Waals surface area contributed by atoms with E-state index in [9.17, 15) is 17.6 Å². The van der Waals surface area contributed by atoms with Crippen LogP contribution in [-0.2, 0) is 0 Å². The molecule has 1 saturated heterocycles. The molecule has 3 rings (SSSR count). The van der Waals surface area contributed by atoms with Crippen molar-refractivity contribution < 1.29 is 22.3 Å². The maximum atomic E-state index is 14.5. The average molecular weight is 433 g/mol. The second-order valence-corrected chi connectivity index (χ2v) is 6.89. The summed E-state index contributed by atoms with van der Waals surface area (Å²) in [7, 11) is 0. The molecule has 1 N–H and O–H groups in total. The number of hydrogen-bond acceptors (Lipinski definition) is 3. The van der Waals surface area contributed by atoms with Gasteiger partial charge in [-0.05, 0) is 35.9 Å². The highest BCUT2D eigenvalue weighted by Gasteiger charge is 2.31. The molecular formula is C18H17BrF4N2O. The summed E-state index contributed by atoms with van der Waals surface area (Å²) < 4.78 is 56.3. The van der Waals surface area contributed by atoms with Crippen LogP contribution in [-0.4, -0.2) is 37.4 Å². The summed E-state index contributed by atoms with van der Waals surface area (Å²) in [5.74, 6) is -0.651. The SMILES string of the molecule is Fc1ccc(Br)cc1[C@H](c1ccc(OC(F)(F)F)cc1)N1CCNCC1. The molecule has 1 heterocycles. The zero-order chi connectivity index (χ0) is 18.7. The average Bonchev–Trinajstić information content (AvgIpc) is 2.59. The van der Waals surface area contributed by atoms with E-state index in [-0.39, 0.29) is 11.6 Å². The molecule has 1 fully saturated rings. The van der Waals surface area contributed by atoms with Crippen molar-refractivity contribution in [1.82, 2.24) is 10.2 Å². The normalized spacial score (nSPS) is 17.1. The van der Waals surface area contributed by atoms with Crippen LogP contribution in [0.5, 0.6) is 5.75 Å². The first-order valence-corrected chi connectivity index (χ1v) is 8.88. The van der Waals surface area contributed by atoms with Crippen molar-refractivity contribution in [2.45, 2.75) is 12.4 Å². The van der Waals surface area contributed by atoms with Crippen LogP contribution < -0.4 is 10.1 Å². The molecule has 8 heteroatoms. The Balaban J connectivity index is 1.96. The fourth-order valence-corrected chi connectivity index (χ4v) is 3.48. The molecule has 1 aliphatic rings. The lowest BCUT2D eigenvalue weighted by Gasteiger charge is -2.35. The molecule has 2 aromatic carbocycles. The molecule has 0 saturated carbocycles. The van der Waals surface area contributed by atoms with Crippen LogP contribution in [0.1, 0.15) is 17.2 Å². The van der Waals surface area contributed by atoms with Gasteiger partial charge in [0.15, 0.2) is 0 Å². The Kier molecular flexibility index (Phi) is 5.84. The predicted molar refractivity (Wildman–Crippen MR) is 93.5 cm³/mol. The van der Waals surface area contributed by atoms with Crippen LogP contribution >= 0.6 is 15.9 Å². The lowest BCUT2D eigenvalue weighted by atomic mass is 9.96. The first kappa shape index (κ1) is 19.1. The number of halogens is 5. The highest BCUT2D eigenvalue weighted by Crippen LogP contribution is 2.34. The molecule has 3 nitrogen and oxygen atoms in total. The Hall–Kier alpha value is -1.64. The molecule has 1 aliphatic heterocycles. The molecule has 0 amide bonds. The standard InChI is InChI=1S/C18H17BrF4N2O/c19-13-3-6-16(20)15(11-13)17(25-9-7-24-8-10-25)12-1-4-14(5-2-12)26-18(21,22)23/h1-6,11,17,24H,7-10H2/t17-/m0/s1. The van der Waals surface area contributed by atoms with Gasteiger partial charge in [-0.15, -0.1) is 13.2 Å². The van der Waals surface area contributed by atoms with Crippen molar-refractivity contribution in [3.8, 4) is 5.75 Å². The summed E-state index contributed by atoms with van der Waals surface area (Å²) in [5.41, 5.74) is 1.18. The van der Waals surface area contributed by atoms with Crippen molar-refractivity contribution in [3.63, 3.8) is 0 Å². The Labute approximate surface area is 157 Å². The van der Waals surface area contributed by atoms with Gasteiger partial charge in [0, 0.05) is 36.2 Å². The van der Waals surface area contributed by atoms with Gasteiger partial charge in [0.25, 0.3) is 0 Å². The smallest absolute Gasteiger partial charge is 0.406 e. The Morgan fingerprint density at radius 1 is 1.04 bits per heavy atom. The number of hydrogen-bond donors (Lipinski definition) is 1. The fraction of sp³-hybridized carbons (Fsp3) is 0.333. The summed E-state index contributed by atoms with van der Waals surface area (Å²) in [6.45, 7) is 2.94. The summed E-state index contributed by atoms with van der Waals surface area (Å²) in [6, 6.07) is 9.94. The van der Waals surface area contributed by atoms with Crippen LogP contribution in [0, 0.1) is 5.82 Å². The van der Waals surface area contributed by atoms with Gasteiger partial charge < -0.3 is 10.1 Å². The largest absolute Gasteiger partial charge is 0.573 e. The second kappa shape index (κ2) is 7.94. The van der Waals surface area contributed by atoms with Crippen molar-refractivity contribution in [2.24, 2.45) is 0 Å². The summed E-state index contributed by atoms with van der Waals surface area (Å²) in [4.78, 5) is 2.11. The molecule has 0 aliphatic carbocycles. The Morgan fingerprint density at radius 3 is 2.31 bits per heavy atom. The second-order valence-electron chi connectivity index (χ2n) is 5.97. The minimum Gasteiger partial charge on any atom is -0.406 e. The topological polar surface area (TPSA) is 24.5 Å². The first-order chi connectivity index (χ1) is 12.3. The molecule has 0 spiro atoms. The summed E-state index contributed by atoms with van der Waals surface area (Å²) >= 11 is 3.36. The molecule has 0 bridgehead atoms. The summed E-state index contributed by atoms with van der Waals surface area (Å²) in [5, 5.41) is 3.24. The highest BCUT2D eigenvalue weighted by molar-refractivity contribution is 9.10. The molecule has 0 radical (unpaired) electrons. The van der Waals surface area contributed by atoms with Gasteiger partial charge in [-0.2, -0.15) is 0 Å². The zero-order valence-electron chi connectivity index (χ0n) is 13.7. The van der Waals surface area contributed by atoms with Crippen molar-refractivity contribution in [2.75, 3.05) is 26.2 Å². The van der Waals surface area contributed by atoms with Gasteiger partial charge in [-0.25, -0.2) is 4.39 Å². The molecule has 0 aromatic heterocycles. The van der Waals surface area contributed by atoms with Crippen LogP contribution in [0.3, 0.4) is 0 Å². The van der Waals surface area contributed by atoms with Crippen LogP contribution in [0.25, 0.3) is 0 Å². The number of nitrogens with one attached hydrogen (secondary N) is 1. The molecule has 2 aromatic rings. The van der Waals surface area contributed by atoms with E-state index in [4.69, 9.17) is 0 Å². The lowest BCUT2D eigenvalue weighted by Crippen LogP contribution is -2.45. The molecule has 0 unspecified atom stereocenters. The van der Waals surface area contributed by atoms with Crippen molar-refractivity contribution in [3.05, 3.63) is 63.9 Å². The number of benzene rings is 2. The summed E-state index contributed by atoms with van der Waals surface area (Å²) in [6.07, 6.45) is -4.74. The quantitative estimate of drug-likeness (QED) is 0.720. The highest BCUT2D eigenvalue weighted by atomic mass is 79.9. The lowest BCUT2D eigenvalue weighted by molar-refractivity contribution is -0.274. The van der Waals surface area contributed by atoms with E-state index in [2.05, 4.69) is 30.9 Å². The van der Waals surface area contributed by atoms with E-state index in [1.54, 1.807) is 24.3 Å². The van der Waals surface area contributed by atoms with E-state index >= 15 is 0 Å².